The second kappa shape index (κ2) is 5.90. The summed E-state index contributed by atoms with van der Waals surface area (Å²) in [4.78, 5) is 1.06. The number of aryl methyl sites for hydroxylation is 1. The minimum absolute atomic E-state index is 0.0715. The molecule has 0 N–H and O–H groups in total. The van der Waals surface area contributed by atoms with Crippen molar-refractivity contribution in [3.05, 3.63) is 34.2 Å². The van der Waals surface area contributed by atoms with E-state index in [4.69, 9.17) is 0 Å². The maximum atomic E-state index is 14.0. The lowest BCUT2D eigenvalue weighted by Crippen LogP contribution is -2.20. The zero-order chi connectivity index (χ0) is 16.0. The molecule has 0 aromatic heterocycles. The summed E-state index contributed by atoms with van der Waals surface area (Å²) in [5.74, 6) is 0.0715. The van der Waals surface area contributed by atoms with Crippen LogP contribution in [0.15, 0.2) is 28.0 Å². The minimum Gasteiger partial charge on any atom is -0.160 e. The van der Waals surface area contributed by atoms with E-state index in [1.165, 1.54) is 0 Å². The van der Waals surface area contributed by atoms with Gasteiger partial charge in [0.05, 0.1) is 0 Å². The average molecular weight is 393 g/mol. The first kappa shape index (κ1) is 16.4. The van der Waals surface area contributed by atoms with E-state index in [2.05, 4.69) is 14.8 Å². The quantitative estimate of drug-likeness (QED) is 0.499. The number of fused-ring (bicyclic) bond motifs is 1. The fourth-order valence-electron chi connectivity index (χ4n) is 3.52. The van der Waals surface area contributed by atoms with Crippen LogP contribution in [0.5, 0.6) is 0 Å². The number of allylic oxidation sites excluding steroid dienone is 1. The van der Waals surface area contributed by atoms with Gasteiger partial charge in [0.25, 0.3) is 0 Å². The Labute approximate surface area is 138 Å². The molecule has 5 heteroatoms. The third kappa shape index (κ3) is 2.54. The summed E-state index contributed by atoms with van der Waals surface area (Å²) in [6.07, 6.45) is 7.58. The highest BCUT2D eigenvalue weighted by molar-refractivity contribution is 9.59. The number of benzene rings is 1. The van der Waals surface area contributed by atoms with Crippen LogP contribution < -0.4 is 0 Å². The van der Waals surface area contributed by atoms with Gasteiger partial charge in [-0.1, -0.05) is 38.3 Å². The molecule has 1 heterocycles. The summed E-state index contributed by atoms with van der Waals surface area (Å²) in [5.41, 5.74) is -2.52. The Morgan fingerprint density at radius 1 is 1.18 bits per heavy atom. The molecule has 1 atom stereocenters. The van der Waals surface area contributed by atoms with Gasteiger partial charge in [-0.2, -0.15) is 13.2 Å². The molecule has 1 saturated carbocycles. The molecule has 0 nitrogen and oxygen atoms in total. The van der Waals surface area contributed by atoms with E-state index >= 15 is 0 Å². The molecule has 1 aromatic rings. The molecule has 0 amide bonds. The van der Waals surface area contributed by atoms with Gasteiger partial charge >= 0.3 is 5.51 Å². The lowest BCUT2D eigenvalue weighted by molar-refractivity contribution is -0.0357. The van der Waals surface area contributed by atoms with Crippen LogP contribution in [0, 0.1) is 5.92 Å². The summed E-state index contributed by atoms with van der Waals surface area (Å²) >= 11 is 3.22. The van der Waals surface area contributed by atoms with Crippen molar-refractivity contribution in [2.75, 3.05) is 0 Å². The number of alkyl halides is 3. The summed E-state index contributed by atoms with van der Waals surface area (Å²) < 4.78 is 42.0. The van der Waals surface area contributed by atoms with E-state index in [1.807, 2.05) is 25.1 Å². The van der Waals surface area contributed by atoms with Crippen LogP contribution in [-0.4, -0.2) is 5.51 Å². The van der Waals surface area contributed by atoms with Crippen molar-refractivity contribution in [2.45, 2.75) is 55.9 Å². The SMILES string of the molecule is CCc1ccc2c(c1)S(Br)(C(F)(F)F)C(C1CCCCC1)=C2. The van der Waals surface area contributed by atoms with Crippen molar-refractivity contribution in [1.82, 2.24) is 0 Å². The molecule has 0 bridgehead atoms. The van der Waals surface area contributed by atoms with E-state index in [0.717, 1.165) is 49.7 Å². The molecular weight excluding hydrogens is 373 g/mol. The van der Waals surface area contributed by atoms with Gasteiger partial charge in [0.2, 0.25) is 0 Å². The van der Waals surface area contributed by atoms with E-state index in [-0.39, 0.29) is 5.92 Å². The fourth-order valence-corrected chi connectivity index (χ4v) is 7.95. The summed E-state index contributed by atoms with van der Waals surface area (Å²) in [6.45, 7) is 1.98. The van der Waals surface area contributed by atoms with Gasteiger partial charge in [-0.05, 0) is 76.6 Å². The normalized spacial score (nSPS) is 28.9. The molecule has 1 aliphatic heterocycles. The molecule has 1 unspecified atom stereocenters. The van der Waals surface area contributed by atoms with Gasteiger partial charge in [-0.15, -0.1) is 0 Å². The maximum Gasteiger partial charge on any atom is 0.442 e. The molecular formula is C17H20BrF3S. The average Bonchev–Trinajstić information content (AvgIpc) is 2.82. The van der Waals surface area contributed by atoms with E-state index in [1.54, 1.807) is 6.07 Å². The zero-order valence-corrected chi connectivity index (χ0v) is 15.0. The highest BCUT2D eigenvalue weighted by atomic mass is 79.9. The highest BCUT2D eigenvalue weighted by Crippen LogP contribution is 2.82. The third-order valence-corrected chi connectivity index (χ3v) is 10.7. The largest absolute Gasteiger partial charge is 0.442 e. The summed E-state index contributed by atoms with van der Waals surface area (Å²) in [5, 5.41) is 0. The van der Waals surface area contributed by atoms with Crippen LogP contribution >= 0.6 is 23.3 Å². The van der Waals surface area contributed by atoms with Gasteiger partial charge < -0.3 is 0 Å². The second-order valence-electron chi connectivity index (χ2n) is 6.09. The van der Waals surface area contributed by atoms with Crippen LogP contribution in [0.25, 0.3) is 6.08 Å². The summed E-state index contributed by atoms with van der Waals surface area (Å²) in [6, 6.07) is 5.57. The molecule has 3 rings (SSSR count). The van der Waals surface area contributed by atoms with Crippen molar-refractivity contribution in [2.24, 2.45) is 5.92 Å². The van der Waals surface area contributed by atoms with Crippen molar-refractivity contribution in [3.8, 4) is 0 Å². The molecule has 22 heavy (non-hydrogen) atoms. The topological polar surface area (TPSA) is 0 Å². The molecule has 0 spiro atoms. The monoisotopic (exact) mass is 392 g/mol. The van der Waals surface area contributed by atoms with Crippen molar-refractivity contribution in [1.29, 1.82) is 0 Å². The van der Waals surface area contributed by atoms with E-state index in [9.17, 15) is 13.2 Å². The second-order valence-corrected chi connectivity index (χ2v) is 11.5. The highest BCUT2D eigenvalue weighted by Gasteiger charge is 2.56. The first-order valence-electron chi connectivity index (χ1n) is 7.81. The van der Waals surface area contributed by atoms with Crippen molar-refractivity contribution < 1.29 is 13.2 Å². The number of rotatable bonds is 2. The zero-order valence-electron chi connectivity index (χ0n) is 12.5. The Bertz CT molecular complexity index is 602. The summed E-state index contributed by atoms with van der Waals surface area (Å²) in [7, 11) is -3.08. The van der Waals surface area contributed by atoms with Crippen molar-refractivity contribution in [3.63, 3.8) is 0 Å². The molecule has 1 aliphatic carbocycles. The predicted octanol–water partition coefficient (Wildman–Crippen LogP) is 7.18. The van der Waals surface area contributed by atoms with Gasteiger partial charge in [0.15, 0.2) is 0 Å². The van der Waals surface area contributed by atoms with E-state index < -0.39 is 14.0 Å². The Morgan fingerprint density at radius 3 is 2.45 bits per heavy atom. The fraction of sp³-hybridized carbons (Fsp3) is 0.529. The maximum absolute atomic E-state index is 14.0. The predicted molar refractivity (Wildman–Crippen MR) is 91.2 cm³/mol. The lowest BCUT2D eigenvalue weighted by Gasteiger charge is -2.39. The molecule has 122 valence electrons. The van der Waals surface area contributed by atoms with Crippen LogP contribution in [-0.2, 0) is 6.42 Å². The molecule has 1 aromatic carbocycles. The lowest BCUT2D eigenvalue weighted by atomic mass is 9.88. The Balaban J connectivity index is 2.10. The van der Waals surface area contributed by atoms with Gasteiger partial charge in [0.1, 0.15) is 0 Å². The van der Waals surface area contributed by atoms with Crippen LogP contribution in [0.3, 0.4) is 0 Å². The van der Waals surface area contributed by atoms with E-state index in [0.29, 0.717) is 9.80 Å². The smallest absolute Gasteiger partial charge is 0.160 e. The number of hydrogen-bond donors (Lipinski definition) is 0. The number of halogens is 4. The molecule has 2 aliphatic rings. The standard InChI is InChI=1S/C17H20BrF3S/c1-2-12-8-9-14-11-16(13-6-4-3-5-7-13)22(18,15(14)10-12)17(19,20)21/h8-11,13H,2-7H2,1H3. The van der Waals surface area contributed by atoms with Gasteiger partial charge in [0, 0.05) is 4.90 Å². The first-order valence-corrected chi connectivity index (χ1v) is 11.3. The van der Waals surface area contributed by atoms with Gasteiger partial charge in [-0.25, -0.2) is 0 Å². The Morgan fingerprint density at radius 2 is 1.86 bits per heavy atom. The van der Waals surface area contributed by atoms with Gasteiger partial charge in [-0.3, -0.25) is 0 Å². The molecule has 0 radical (unpaired) electrons. The van der Waals surface area contributed by atoms with Crippen LogP contribution in [0.2, 0.25) is 0 Å². The third-order valence-electron chi connectivity index (χ3n) is 4.74. The molecule has 0 saturated heterocycles. The molecule has 1 fully saturated rings. The first-order chi connectivity index (χ1) is 10.4. The van der Waals surface area contributed by atoms with Crippen LogP contribution in [0.4, 0.5) is 13.2 Å². The minimum atomic E-state index is -4.24. The Kier molecular flexibility index (Phi) is 4.41. The van der Waals surface area contributed by atoms with Crippen LogP contribution in [0.1, 0.15) is 50.2 Å². The van der Waals surface area contributed by atoms with Crippen molar-refractivity contribution >= 4 is 29.4 Å². The number of hydrogen-bond acceptors (Lipinski definition) is 0. The Hall–Kier alpha value is -0.420.